The molecule has 0 radical (unpaired) electrons. The number of carbonyl (C=O) groups is 3. The Morgan fingerprint density at radius 3 is 2.61 bits per heavy atom. The van der Waals surface area contributed by atoms with E-state index in [2.05, 4.69) is 5.32 Å². The third-order valence-electron chi connectivity index (χ3n) is 5.68. The summed E-state index contributed by atoms with van der Waals surface area (Å²) in [5.74, 6) is -2.01. The topological polar surface area (TPSA) is 114 Å². The number of sulfone groups is 1. The molecule has 0 bridgehead atoms. The number of rotatable bonds is 6. The molecule has 1 aromatic heterocycles. The van der Waals surface area contributed by atoms with Gasteiger partial charge in [-0.3, -0.25) is 14.4 Å². The molecule has 0 aliphatic carbocycles. The molecule has 1 N–H and O–H groups in total. The van der Waals surface area contributed by atoms with E-state index in [0.717, 1.165) is 17.2 Å². The third kappa shape index (κ3) is 5.15. The van der Waals surface area contributed by atoms with E-state index < -0.39 is 33.5 Å². The summed E-state index contributed by atoms with van der Waals surface area (Å²) in [4.78, 5) is 39.4. The van der Waals surface area contributed by atoms with Crippen LogP contribution in [0.1, 0.15) is 41.4 Å². The molecule has 168 valence electrons. The van der Waals surface area contributed by atoms with Crippen molar-refractivity contribution in [3.05, 3.63) is 35.1 Å². The molecule has 2 heterocycles. The Hall–Kier alpha value is -2.68. The van der Waals surface area contributed by atoms with E-state index >= 15 is 0 Å². The van der Waals surface area contributed by atoms with Gasteiger partial charge in [0.15, 0.2) is 21.4 Å². The third-order valence-corrected chi connectivity index (χ3v) is 6.49. The lowest BCUT2D eigenvalue weighted by atomic mass is 9.94. The number of furan rings is 1. The maximum atomic E-state index is 12.9. The van der Waals surface area contributed by atoms with Crippen molar-refractivity contribution in [3.8, 4) is 0 Å². The highest BCUT2D eigenvalue weighted by Crippen LogP contribution is 2.27. The molecule has 2 atom stereocenters. The van der Waals surface area contributed by atoms with Crippen molar-refractivity contribution in [1.82, 2.24) is 10.2 Å². The number of fused-ring (bicyclic) bond motifs is 1. The number of amides is 2. The van der Waals surface area contributed by atoms with E-state index in [0.29, 0.717) is 30.5 Å². The summed E-state index contributed by atoms with van der Waals surface area (Å²) in [6.45, 7) is 5.92. The number of Topliss-reactive ketones (excluding diaryl/α,β-unsaturated/α-hetero) is 1. The number of ketones is 1. The van der Waals surface area contributed by atoms with Crippen LogP contribution in [0.15, 0.2) is 22.6 Å². The molecule has 31 heavy (non-hydrogen) atoms. The van der Waals surface area contributed by atoms with E-state index in [9.17, 15) is 22.8 Å². The maximum Gasteiger partial charge on any atom is 0.287 e. The van der Waals surface area contributed by atoms with Crippen molar-refractivity contribution in [1.29, 1.82) is 0 Å². The zero-order chi connectivity index (χ0) is 22.9. The van der Waals surface area contributed by atoms with E-state index in [4.69, 9.17) is 4.42 Å². The first-order valence-corrected chi connectivity index (χ1v) is 12.3. The van der Waals surface area contributed by atoms with Crippen LogP contribution in [0.4, 0.5) is 0 Å². The standard InChI is InChI=1S/C22H28N2O6S/c1-13-7-5-9-17-14(2)20(30-19(13)17)21(26)23-15(3)22(27)24-10-6-8-16(11-24)18(25)12-31(4,28)29/h5,7,9,15-16H,6,8,10-12H2,1-4H3,(H,23,26)/t15-,16-/m1/s1. The van der Waals surface area contributed by atoms with Crippen molar-refractivity contribution in [3.63, 3.8) is 0 Å². The molecule has 8 nitrogen and oxygen atoms in total. The fourth-order valence-corrected chi connectivity index (χ4v) is 4.77. The Labute approximate surface area is 181 Å². The SMILES string of the molecule is Cc1c(C(=O)N[C@H](C)C(=O)N2CCC[C@@H](C(=O)CS(C)(=O)=O)C2)oc2c(C)cccc12. The normalized spacial score (nSPS) is 18.1. The van der Waals surface area contributed by atoms with Crippen LogP contribution in [0.5, 0.6) is 0 Å². The van der Waals surface area contributed by atoms with Gasteiger partial charge in [0.2, 0.25) is 5.91 Å². The summed E-state index contributed by atoms with van der Waals surface area (Å²) >= 11 is 0. The second-order valence-electron chi connectivity index (χ2n) is 8.36. The molecule has 0 unspecified atom stereocenters. The summed E-state index contributed by atoms with van der Waals surface area (Å²) in [6.07, 6.45) is 2.18. The Bertz CT molecular complexity index is 1130. The second kappa shape index (κ2) is 8.82. The Morgan fingerprint density at radius 2 is 1.97 bits per heavy atom. The van der Waals surface area contributed by atoms with Gasteiger partial charge in [-0.25, -0.2) is 8.42 Å². The van der Waals surface area contributed by atoms with Gasteiger partial charge in [0.25, 0.3) is 5.91 Å². The molecule has 9 heteroatoms. The first kappa shape index (κ1) is 23.0. The van der Waals surface area contributed by atoms with Crippen LogP contribution in [-0.2, 0) is 19.4 Å². The molecule has 2 amide bonds. The van der Waals surface area contributed by atoms with Crippen LogP contribution in [0.25, 0.3) is 11.0 Å². The Morgan fingerprint density at radius 1 is 1.26 bits per heavy atom. The van der Waals surface area contributed by atoms with Gasteiger partial charge in [0.1, 0.15) is 17.4 Å². The van der Waals surface area contributed by atoms with Crippen LogP contribution in [-0.4, -0.2) is 62.1 Å². The maximum absolute atomic E-state index is 12.9. The lowest BCUT2D eigenvalue weighted by Gasteiger charge is -2.33. The van der Waals surface area contributed by atoms with E-state index in [1.165, 1.54) is 4.90 Å². The quantitative estimate of drug-likeness (QED) is 0.723. The van der Waals surface area contributed by atoms with Gasteiger partial charge >= 0.3 is 0 Å². The van der Waals surface area contributed by atoms with E-state index in [-0.39, 0.29) is 24.0 Å². The summed E-state index contributed by atoms with van der Waals surface area (Å²) in [7, 11) is -3.41. The second-order valence-corrected chi connectivity index (χ2v) is 10.5. The lowest BCUT2D eigenvalue weighted by molar-refractivity contribution is -0.136. The molecule has 0 spiro atoms. The fourth-order valence-electron chi connectivity index (χ4n) is 4.01. The van der Waals surface area contributed by atoms with Crippen molar-refractivity contribution in [2.24, 2.45) is 5.92 Å². The predicted octanol–water partition coefficient (Wildman–Crippen LogP) is 2.02. The minimum atomic E-state index is -3.41. The molecule has 1 saturated heterocycles. The molecule has 1 aliphatic rings. The average molecular weight is 449 g/mol. The van der Waals surface area contributed by atoms with E-state index in [1.54, 1.807) is 13.8 Å². The number of piperidine rings is 1. The van der Waals surface area contributed by atoms with Crippen molar-refractivity contribution < 1.29 is 27.2 Å². The van der Waals surface area contributed by atoms with Crippen LogP contribution >= 0.6 is 0 Å². The Balaban J connectivity index is 1.67. The monoisotopic (exact) mass is 448 g/mol. The van der Waals surface area contributed by atoms with Crippen molar-refractivity contribution in [2.45, 2.75) is 39.7 Å². The van der Waals surface area contributed by atoms with Crippen LogP contribution in [0.2, 0.25) is 0 Å². The highest BCUT2D eigenvalue weighted by Gasteiger charge is 2.32. The summed E-state index contributed by atoms with van der Waals surface area (Å²) in [5, 5.41) is 3.55. The molecule has 0 saturated carbocycles. The average Bonchev–Trinajstić information content (AvgIpc) is 3.04. The fraction of sp³-hybridized carbons (Fsp3) is 0.500. The first-order chi connectivity index (χ1) is 14.5. The van der Waals surface area contributed by atoms with Gasteiger partial charge in [0, 0.05) is 36.2 Å². The number of nitrogens with one attached hydrogen (secondary N) is 1. The van der Waals surface area contributed by atoms with Gasteiger partial charge in [-0.1, -0.05) is 18.2 Å². The Kier molecular flexibility index (Phi) is 6.54. The van der Waals surface area contributed by atoms with Crippen molar-refractivity contribution in [2.75, 3.05) is 25.1 Å². The van der Waals surface area contributed by atoms with Crippen LogP contribution < -0.4 is 5.32 Å². The zero-order valence-electron chi connectivity index (χ0n) is 18.2. The minimum Gasteiger partial charge on any atom is -0.450 e. The number of aryl methyl sites for hydroxylation is 2. The summed E-state index contributed by atoms with van der Waals surface area (Å²) in [6, 6.07) is 4.86. The molecule has 1 aliphatic heterocycles. The highest BCUT2D eigenvalue weighted by atomic mass is 32.2. The summed E-state index contributed by atoms with van der Waals surface area (Å²) < 4.78 is 28.6. The molecular weight excluding hydrogens is 420 g/mol. The predicted molar refractivity (Wildman–Crippen MR) is 117 cm³/mol. The molecule has 2 aromatic rings. The number of benzene rings is 1. The summed E-state index contributed by atoms with van der Waals surface area (Å²) in [5.41, 5.74) is 2.27. The van der Waals surface area contributed by atoms with Gasteiger partial charge < -0.3 is 14.6 Å². The van der Waals surface area contributed by atoms with Gasteiger partial charge in [0.05, 0.1) is 0 Å². The lowest BCUT2D eigenvalue weighted by Crippen LogP contribution is -2.51. The van der Waals surface area contributed by atoms with E-state index in [1.807, 2.05) is 25.1 Å². The van der Waals surface area contributed by atoms with Crippen molar-refractivity contribution >= 4 is 38.4 Å². The number of nitrogens with zero attached hydrogens (tertiary/aromatic N) is 1. The number of para-hydroxylation sites is 1. The number of likely N-dealkylation sites (tertiary alicyclic amines) is 1. The van der Waals surface area contributed by atoms with Gasteiger partial charge in [-0.05, 0) is 39.2 Å². The van der Waals surface area contributed by atoms with Crippen LogP contribution in [0, 0.1) is 19.8 Å². The smallest absolute Gasteiger partial charge is 0.287 e. The molecule has 1 aromatic carbocycles. The number of carbonyl (C=O) groups excluding carboxylic acids is 3. The minimum absolute atomic E-state index is 0.163. The first-order valence-electron chi connectivity index (χ1n) is 10.3. The zero-order valence-corrected chi connectivity index (χ0v) is 19.0. The van der Waals surface area contributed by atoms with Crippen LogP contribution in [0.3, 0.4) is 0 Å². The largest absolute Gasteiger partial charge is 0.450 e. The molecule has 1 fully saturated rings. The van der Waals surface area contributed by atoms with Gasteiger partial charge in [-0.2, -0.15) is 0 Å². The molecular formula is C22H28N2O6S. The number of hydrogen-bond acceptors (Lipinski definition) is 6. The number of hydrogen-bond donors (Lipinski definition) is 1. The molecule has 3 rings (SSSR count). The highest BCUT2D eigenvalue weighted by molar-refractivity contribution is 7.91. The van der Waals surface area contributed by atoms with Gasteiger partial charge in [-0.15, -0.1) is 0 Å².